The van der Waals surface area contributed by atoms with Crippen molar-refractivity contribution in [3.8, 4) is 5.75 Å². The molecule has 0 unspecified atom stereocenters. The third-order valence-electron chi connectivity index (χ3n) is 4.97. The first kappa shape index (κ1) is 20.9. The highest BCUT2D eigenvalue weighted by Crippen LogP contribution is 2.21. The summed E-state index contributed by atoms with van der Waals surface area (Å²) in [5, 5.41) is 0.417. The van der Waals surface area contributed by atoms with Gasteiger partial charge in [-0.05, 0) is 48.9 Å². The van der Waals surface area contributed by atoms with Crippen LogP contribution in [0, 0.1) is 6.92 Å². The van der Waals surface area contributed by atoms with Gasteiger partial charge in [0.1, 0.15) is 5.75 Å². The van der Waals surface area contributed by atoms with Crippen LogP contribution in [-0.2, 0) is 10.0 Å². The van der Waals surface area contributed by atoms with E-state index < -0.39 is 10.0 Å². The van der Waals surface area contributed by atoms with Crippen molar-refractivity contribution in [1.29, 1.82) is 0 Å². The molecule has 1 aliphatic heterocycles. The zero-order valence-electron chi connectivity index (χ0n) is 16.2. The van der Waals surface area contributed by atoms with E-state index in [2.05, 4.69) is 26.7 Å². The zero-order chi connectivity index (χ0) is 20.1. The number of aryl methyl sites for hydroxylation is 1. The molecule has 2 aromatic rings. The fourth-order valence-corrected chi connectivity index (χ4v) is 4.83. The summed E-state index contributed by atoms with van der Waals surface area (Å²) in [6.45, 7) is 6.42. The number of piperazine rings is 1. The van der Waals surface area contributed by atoms with E-state index in [9.17, 15) is 8.42 Å². The van der Waals surface area contributed by atoms with Crippen LogP contribution in [0.5, 0.6) is 5.75 Å². The van der Waals surface area contributed by atoms with Crippen LogP contribution in [0.25, 0.3) is 0 Å². The molecule has 1 N–H and O–H groups in total. The number of hydrogen-bond acceptors (Lipinski definition) is 5. The molecular weight excluding hydrogens is 398 g/mol. The Morgan fingerprint density at radius 1 is 1.07 bits per heavy atom. The first-order chi connectivity index (χ1) is 13.4. The molecule has 1 heterocycles. The second-order valence-corrected chi connectivity index (χ2v) is 9.01. The van der Waals surface area contributed by atoms with Gasteiger partial charge in [-0.1, -0.05) is 17.7 Å². The Kier molecular flexibility index (Phi) is 6.82. The lowest BCUT2D eigenvalue weighted by molar-refractivity contribution is 0.262. The van der Waals surface area contributed by atoms with Gasteiger partial charge in [-0.15, -0.1) is 0 Å². The molecule has 6 nitrogen and oxygen atoms in total. The van der Waals surface area contributed by atoms with Crippen LogP contribution in [0.4, 0.5) is 5.69 Å². The second-order valence-electron chi connectivity index (χ2n) is 6.83. The summed E-state index contributed by atoms with van der Waals surface area (Å²) < 4.78 is 33.0. The smallest absolute Gasteiger partial charge is 0.240 e. The Labute approximate surface area is 172 Å². The first-order valence-electron chi connectivity index (χ1n) is 9.26. The van der Waals surface area contributed by atoms with Crippen LogP contribution in [0.1, 0.15) is 5.56 Å². The number of sulfonamides is 1. The lowest BCUT2D eigenvalue weighted by Crippen LogP contribution is -2.48. The van der Waals surface area contributed by atoms with Crippen LogP contribution in [0.3, 0.4) is 0 Å². The van der Waals surface area contributed by atoms with E-state index in [0.29, 0.717) is 23.7 Å². The van der Waals surface area contributed by atoms with Crippen LogP contribution in [0.2, 0.25) is 5.02 Å². The van der Waals surface area contributed by atoms with Crippen molar-refractivity contribution >= 4 is 27.3 Å². The molecule has 0 bridgehead atoms. The molecule has 1 aliphatic rings. The first-order valence-corrected chi connectivity index (χ1v) is 11.1. The molecule has 152 valence electrons. The summed E-state index contributed by atoms with van der Waals surface area (Å²) in [5.41, 5.74) is 1.86. The predicted molar refractivity (Wildman–Crippen MR) is 113 cm³/mol. The van der Waals surface area contributed by atoms with Crippen LogP contribution in [0.15, 0.2) is 47.4 Å². The van der Waals surface area contributed by atoms with E-state index in [-0.39, 0.29) is 4.90 Å². The van der Waals surface area contributed by atoms with Crippen molar-refractivity contribution in [1.82, 2.24) is 9.62 Å². The van der Waals surface area contributed by atoms with Gasteiger partial charge < -0.3 is 9.64 Å². The summed E-state index contributed by atoms with van der Waals surface area (Å²) in [6.07, 6.45) is 0. The monoisotopic (exact) mass is 423 g/mol. The van der Waals surface area contributed by atoms with E-state index in [1.54, 1.807) is 26.2 Å². The fraction of sp³-hybridized carbons (Fsp3) is 0.400. The van der Waals surface area contributed by atoms with Gasteiger partial charge in [0.15, 0.2) is 0 Å². The number of methoxy groups -OCH3 is 1. The number of halogens is 1. The number of nitrogens with one attached hydrogen (secondary N) is 1. The maximum absolute atomic E-state index is 12.5. The quantitative estimate of drug-likeness (QED) is 0.742. The number of hydrogen-bond donors (Lipinski definition) is 1. The molecule has 1 fully saturated rings. The minimum atomic E-state index is -3.56. The lowest BCUT2D eigenvalue weighted by Gasteiger charge is -2.36. The number of benzene rings is 2. The normalized spacial score (nSPS) is 15.6. The molecule has 0 saturated carbocycles. The molecule has 28 heavy (non-hydrogen) atoms. The maximum Gasteiger partial charge on any atom is 0.240 e. The van der Waals surface area contributed by atoms with E-state index in [0.717, 1.165) is 31.9 Å². The minimum Gasteiger partial charge on any atom is -0.497 e. The van der Waals surface area contributed by atoms with E-state index in [1.807, 2.05) is 12.1 Å². The number of rotatable bonds is 7. The largest absolute Gasteiger partial charge is 0.497 e. The summed E-state index contributed by atoms with van der Waals surface area (Å²) >= 11 is 5.95. The number of anilines is 1. The van der Waals surface area contributed by atoms with Gasteiger partial charge in [-0.25, -0.2) is 13.1 Å². The van der Waals surface area contributed by atoms with Crippen molar-refractivity contribution in [2.24, 2.45) is 0 Å². The second kappa shape index (κ2) is 9.13. The minimum absolute atomic E-state index is 0.240. The molecule has 0 atom stereocenters. The van der Waals surface area contributed by atoms with Crippen molar-refractivity contribution in [3.63, 3.8) is 0 Å². The highest BCUT2D eigenvalue weighted by atomic mass is 35.5. The van der Waals surface area contributed by atoms with Gasteiger partial charge in [0.25, 0.3) is 0 Å². The topological polar surface area (TPSA) is 61.9 Å². The van der Waals surface area contributed by atoms with Crippen LogP contribution in [-0.4, -0.2) is 59.7 Å². The van der Waals surface area contributed by atoms with Crippen molar-refractivity contribution in [2.45, 2.75) is 11.8 Å². The zero-order valence-corrected chi connectivity index (χ0v) is 17.8. The van der Waals surface area contributed by atoms with Gasteiger partial charge in [0, 0.05) is 50.0 Å². The summed E-state index contributed by atoms with van der Waals surface area (Å²) in [6, 6.07) is 13.0. The fourth-order valence-electron chi connectivity index (χ4n) is 3.30. The molecule has 0 aromatic heterocycles. The molecule has 2 aromatic carbocycles. The Morgan fingerprint density at radius 3 is 2.39 bits per heavy atom. The molecule has 0 radical (unpaired) electrons. The third kappa shape index (κ3) is 5.17. The van der Waals surface area contributed by atoms with Gasteiger partial charge in [0.05, 0.1) is 12.0 Å². The van der Waals surface area contributed by atoms with Gasteiger partial charge >= 0.3 is 0 Å². The Morgan fingerprint density at radius 2 is 1.75 bits per heavy atom. The molecule has 0 amide bonds. The average Bonchev–Trinajstić information content (AvgIpc) is 2.70. The lowest BCUT2D eigenvalue weighted by atomic mass is 10.2. The summed E-state index contributed by atoms with van der Waals surface area (Å²) in [5.74, 6) is 0.851. The Bertz CT molecular complexity index is 895. The molecule has 3 rings (SSSR count). The van der Waals surface area contributed by atoms with Crippen molar-refractivity contribution < 1.29 is 13.2 Å². The standard InChI is InChI=1S/C20H26ClN3O3S/c1-16-3-4-17(21)15-20(16)28(25,26)22-9-10-23-11-13-24(14-12-23)18-5-7-19(27-2)8-6-18/h3-8,15,22H,9-14H2,1-2H3. The number of nitrogens with zero attached hydrogens (tertiary/aromatic N) is 2. The Hall–Kier alpha value is -1.80. The predicted octanol–water partition coefficient (Wildman–Crippen LogP) is 2.76. The van der Waals surface area contributed by atoms with Gasteiger partial charge in [0.2, 0.25) is 10.0 Å². The van der Waals surface area contributed by atoms with Crippen LogP contribution >= 0.6 is 11.6 Å². The number of ether oxygens (including phenoxy) is 1. The van der Waals surface area contributed by atoms with Crippen molar-refractivity contribution in [2.75, 3.05) is 51.3 Å². The van der Waals surface area contributed by atoms with Crippen LogP contribution < -0.4 is 14.4 Å². The van der Waals surface area contributed by atoms with E-state index in [1.165, 1.54) is 11.8 Å². The highest BCUT2D eigenvalue weighted by molar-refractivity contribution is 7.89. The highest BCUT2D eigenvalue weighted by Gasteiger charge is 2.20. The molecule has 1 saturated heterocycles. The maximum atomic E-state index is 12.5. The summed E-state index contributed by atoms with van der Waals surface area (Å²) in [7, 11) is -1.90. The molecule has 0 spiro atoms. The van der Waals surface area contributed by atoms with E-state index in [4.69, 9.17) is 16.3 Å². The SMILES string of the molecule is COc1ccc(N2CCN(CCNS(=O)(=O)c3cc(Cl)ccc3C)CC2)cc1. The van der Waals surface area contributed by atoms with Crippen molar-refractivity contribution in [3.05, 3.63) is 53.1 Å². The van der Waals surface area contributed by atoms with Gasteiger partial charge in [-0.3, -0.25) is 4.90 Å². The average molecular weight is 424 g/mol. The van der Waals surface area contributed by atoms with E-state index >= 15 is 0 Å². The molecular formula is C20H26ClN3O3S. The third-order valence-corrected chi connectivity index (χ3v) is 6.81. The molecule has 0 aliphatic carbocycles. The Balaban J connectivity index is 1.48. The summed E-state index contributed by atoms with van der Waals surface area (Å²) in [4.78, 5) is 4.84. The molecule has 8 heteroatoms. The van der Waals surface area contributed by atoms with Gasteiger partial charge in [-0.2, -0.15) is 0 Å².